The van der Waals surface area contributed by atoms with E-state index < -0.39 is 22.8 Å². The number of carbonyl (C=O) groups excluding carboxylic acids is 1. The Morgan fingerprint density at radius 3 is 2.68 bits per heavy atom. The van der Waals surface area contributed by atoms with Gasteiger partial charge in [-0.2, -0.15) is 5.10 Å². The van der Waals surface area contributed by atoms with Crippen LogP contribution in [0.2, 0.25) is 0 Å². The highest BCUT2D eigenvalue weighted by molar-refractivity contribution is 5.97. The third-order valence-corrected chi connectivity index (χ3v) is 3.87. The average Bonchev–Trinajstić information content (AvgIpc) is 3.12. The van der Waals surface area contributed by atoms with Crippen LogP contribution in [0.15, 0.2) is 30.9 Å². The van der Waals surface area contributed by atoms with Gasteiger partial charge in [0, 0.05) is 11.6 Å². The zero-order chi connectivity index (χ0) is 18.6. The summed E-state index contributed by atoms with van der Waals surface area (Å²) in [5, 5.41) is 26.8. The van der Waals surface area contributed by atoms with E-state index in [1.807, 2.05) is 6.92 Å². The summed E-state index contributed by atoms with van der Waals surface area (Å²) in [4.78, 5) is 38.0. The number of carboxylic acids is 1. The van der Waals surface area contributed by atoms with Crippen molar-refractivity contribution in [1.82, 2.24) is 20.1 Å². The first-order valence-corrected chi connectivity index (χ1v) is 7.52. The Hall–Kier alpha value is -3.30. The van der Waals surface area contributed by atoms with Gasteiger partial charge >= 0.3 is 5.97 Å². The number of carboxylic acid groups (broad SMARTS) is 1. The standard InChI is InChI=1S/C15H17N5O5/c1-3-9(2)13(15(22)23)18-14(21)10-4-5-11(12(6-10)20(24)25)19-8-16-7-17-19/h4-9,13H,3H2,1-2H3,(H,18,21)(H,22,23). The van der Waals surface area contributed by atoms with Gasteiger partial charge in [-0.15, -0.1) is 0 Å². The number of hydrogen-bond donors (Lipinski definition) is 2. The molecular formula is C15H17N5O5. The lowest BCUT2D eigenvalue weighted by atomic mass is 9.99. The van der Waals surface area contributed by atoms with Crippen molar-refractivity contribution in [1.29, 1.82) is 0 Å². The monoisotopic (exact) mass is 347 g/mol. The molecule has 2 aromatic rings. The quantitative estimate of drug-likeness (QED) is 0.570. The minimum absolute atomic E-state index is 0.00915. The van der Waals surface area contributed by atoms with Crippen molar-refractivity contribution in [2.24, 2.45) is 5.92 Å². The molecule has 0 radical (unpaired) electrons. The fraction of sp³-hybridized carbons (Fsp3) is 0.333. The van der Waals surface area contributed by atoms with E-state index in [9.17, 15) is 24.8 Å². The van der Waals surface area contributed by atoms with Crippen LogP contribution in [0, 0.1) is 16.0 Å². The van der Waals surface area contributed by atoms with E-state index in [1.54, 1.807) is 6.92 Å². The molecule has 0 bridgehead atoms. The van der Waals surface area contributed by atoms with Gasteiger partial charge in [-0.1, -0.05) is 20.3 Å². The van der Waals surface area contributed by atoms with E-state index in [4.69, 9.17) is 0 Å². The highest BCUT2D eigenvalue weighted by Crippen LogP contribution is 2.23. The number of aromatic nitrogens is 3. The molecule has 0 spiro atoms. The predicted molar refractivity (Wildman–Crippen MR) is 86.4 cm³/mol. The van der Waals surface area contributed by atoms with Crippen molar-refractivity contribution in [2.75, 3.05) is 0 Å². The van der Waals surface area contributed by atoms with E-state index in [-0.39, 0.29) is 22.9 Å². The van der Waals surface area contributed by atoms with Crippen LogP contribution in [-0.2, 0) is 4.79 Å². The minimum atomic E-state index is -1.16. The maximum Gasteiger partial charge on any atom is 0.326 e. The van der Waals surface area contributed by atoms with Gasteiger partial charge in [0.05, 0.1) is 4.92 Å². The van der Waals surface area contributed by atoms with Gasteiger partial charge < -0.3 is 10.4 Å². The highest BCUT2D eigenvalue weighted by atomic mass is 16.6. The molecule has 10 heteroatoms. The van der Waals surface area contributed by atoms with Crippen LogP contribution >= 0.6 is 0 Å². The molecular weight excluding hydrogens is 330 g/mol. The molecule has 2 atom stereocenters. The topological polar surface area (TPSA) is 140 Å². The number of nitro benzene ring substituents is 1. The summed E-state index contributed by atoms with van der Waals surface area (Å²) < 4.78 is 1.21. The van der Waals surface area contributed by atoms with Crippen molar-refractivity contribution in [2.45, 2.75) is 26.3 Å². The van der Waals surface area contributed by atoms with Crippen LogP contribution in [-0.4, -0.2) is 42.7 Å². The molecule has 132 valence electrons. The molecule has 1 aromatic carbocycles. The Labute approximate surface area is 142 Å². The number of rotatable bonds is 7. The first-order valence-electron chi connectivity index (χ1n) is 7.52. The molecule has 2 rings (SSSR count). The molecule has 0 saturated heterocycles. The summed E-state index contributed by atoms with van der Waals surface area (Å²) in [6.07, 6.45) is 3.09. The summed E-state index contributed by atoms with van der Waals surface area (Å²) >= 11 is 0. The average molecular weight is 347 g/mol. The zero-order valence-corrected chi connectivity index (χ0v) is 13.6. The molecule has 2 unspecified atom stereocenters. The lowest BCUT2D eigenvalue weighted by Crippen LogP contribution is -2.45. The number of hydrogen-bond acceptors (Lipinski definition) is 6. The lowest BCUT2D eigenvalue weighted by molar-refractivity contribution is -0.384. The zero-order valence-electron chi connectivity index (χ0n) is 13.6. The normalized spacial score (nSPS) is 13.0. The largest absolute Gasteiger partial charge is 0.480 e. The summed E-state index contributed by atoms with van der Waals surface area (Å²) in [6, 6.07) is 2.74. The SMILES string of the molecule is CCC(C)C(NC(=O)c1ccc(-n2cncn2)c([N+](=O)[O-])c1)C(=O)O. The highest BCUT2D eigenvalue weighted by Gasteiger charge is 2.27. The Balaban J connectivity index is 2.33. The Kier molecular flexibility index (Phi) is 5.42. The van der Waals surface area contributed by atoms with Crippen molar-refractivity contribution < 1.29 is 19.6 Å². The summed E-state index contributed by atoms with van der Waals surface area (Å²) in [6.45, 7) is 3.51. The Bertz CT molecular complexity index is 790. The molecule has 0 aliphatic carbocycles. The number of aliphatic carboxylic acids is 1. The molecule has 1 amide bonds. The second-order valence-electron chi connectivity index (χ2n) is 5.48. The molecule has 10 nitrogen and oxygen atoms in total. The van der Waals surface area contributed by atoms with E-state index in [1.165, 1.54) is 29.5 Å². The Morgan fingerprint density at radius 1 is 1.44 bits per heavy atom. The second-order valence-corrected chi connectivity index (χ2v) is 5.48. The summed E-state index contributed by atoms with van der Waals surface area (Å²) in [5.74, 6) is -2.14. The van der Waals surface area contributed by atoms with Crippen LogP contribution in [0.4, 0.5) is 5.69 Å². The van der Waals surface area contributed by atoms with Crippen molar-refractivity contribution in [3.63, 3.8) is 0 Å². The molecule has 0 aliphatic heterocycles. The number of benzene rings is 1. The van der Waals surface area contributed by atoms with Gasteiger partial charge in [-0.3, -0.25) is 14.9 Å². The summed E-state index contributed by atoms with van der Waals surface area (Å²) in [5.41, 5.74) is -0.200. The third kappa shape index (κ3) is 3.97. The third-order valence-electron chi connectivity index (χ3n) is 3.87. The fourth-order valence-corrected chi connectivity index (χ4v) is 2.24. The number of carbonyl (C=O) groups is 2. The van der Waals surface area contributed by atoms with E-state index in [2.05, 4.69) is 15.4 Å². The fourth-order valence-electron chi connectivity index (χ4n) is 2.24. The van der Waals surface area contributed by atoms with Crippen molar-refractivity contribution in [3.8, 4) is 5.69 Å². The second kappa shape index (κ2) is 7.51. The maximum atomic E-state index is 12.3. The van der Waals surface area contributed by atoms with Crippen LogP contribution in [0.5, 0.6) is 0 Å². The first kappa shape index (κ1) is 18.0. The van der Waals surface area contributed by atoms with E-state index in [0.717, 1.165) is 6.07 Å². The van der Waals surface area contributed by atoms with Gasteiger partial charge in [0.1, 0.15) is 24.4 Å². The molecule has 0 aliphatic rings. The van der Waals surface area contributed by atoms with Crippen LogP contribution in [0.1, 0.15) is 30.6 Å². The van der Waals surface area contributed by atoms with Gasteiger partial charge in [0.15, 0.2) is 0 Å². The maximum absolute atomic E-state index is 12.3. The van der Waals surface area contributed by atoms with Gasteiger partial charge in [-0.25, -0.2) is 14.5 Å². The van der Waals surface area contributed by atoms with E-state index >= 15 is 0 Å². The first-order chi connectivity index (χ1) is 11.8. The minimum Gasteiger partial charge on any atom is -0.480 e. The van der Waals surface area contributed by atoms with Crippen molar-refractivity contribution >= 4 is 17.6 Å². The molecule has 0 saturated carbocycles. The number of amides is 1. The molecule has 25 heavy (non-hydrogen) atoms. The van der Waals surface area contributed by atoms with Crippen LogP contribution < -0.4 is 5.32 Å². The molecule has 2 N–H and O–H groups in total. The molecule has 0 fully saturated rings. The van der Waals surface area contributed by atoms with Crippen LogP contribution in [0.3, 0.4) is 0 Å². The lowest BCUT2D eigenvalue weighted by Gasteiger charge is -2.20. The number of nitrogens with one attached hydrogen (secondary N) is 1. The number of nitro groups is 1. The number of nitrogens with zero attached hydrogens (tertiary/aromatic N) is 4. The molecule has 1 heterocycles. The van der Waals surface area contributed by atoms with Gasteiger partial charge in [-0.05, 0) is 18.1 Å². The van der Waals surface area contributed by atoms with Crippen molar-refractivity contribution in [3.05, 3.63) is 46.5 Å². The van der Waals surface area contributed by atoms with Gasteiger partial charge in [0.25, 0.3) is 11.6 Å². The summed E-state index contributed by atoms with van der Waals surface area (Å²) in [7, 11) is 0. The smallest absolute Gasteiger partial charge is 0.326 e. The van der Waals surface area contributed by atoms with Gasteiger partial charge in [0.2, 0.25) is 0 Å². The Morgan fingerprint density at radius 2 is 2.16 bits per heavy atom. The molecule has 1 aromatic heterocycles. The van der Waals surface area contributed by atoms with E-state index in [0.29, 0.717) is 6.42 Å². The predicted octanol–water partition coefficient (Wildman–Crippen LogP) is 1.40. The van der Waals surface area contributed by atoms with Crippen LogP contribution in [0.25, 0.3) is 5.69 Å².